The second-order valence-corrected chi connectivity index (χ2v) is 5.28. The summed E-state index contributed by atoms with van der Waals surface area (Å²) in [7, 11) is 0. The van der Waals surface area contributed by atoms with Gasteiger partial charge in [-0.2, -0.15) is 0 Å². The van der Waals surface area contributed by atoms with Gasteiger partial charge in [0.05, 0.1) is 12.6 Å². The van der Waals surface area contributed by atoms with E-state index in [4.69, 9.17) is 12.2 Å². The van der Waals surface area contributed by atoms with Crippen LogP contribution in [-0.4, -0.2) is 59.6 Å². The van der Waals surface area contributed by atoms with Gasteiger partial charge in [0.25, 0.3) is 0 Å². The Bertz CT molecular complexity index is 513. The Morgan fingerprint density at radius 1 is 1.29 bits per heavy atom. The van der Waals surface area contributed by atoms with E-state index in [-0.39, 0.29) is 11.7 Å². The maximum Gasteiger partial charge on any atom is 0.239 e. The highest BCUT2D eigenvalue weighted by Crippen LogP contribution is 2.12. The predicted molar refractivity (Wildman–Crippen MR) is 81.6 cm³/mol. The highest BCUT2D eigenvalue weighted by Gasteiger charge is 2.24. The van der Waals surface area contributed by atoms with Crippen LogP contribution in [0.25, 0.3) is 0 Å². The molecule has 112 valence electrons. The van der Waals surface area contributed by atoms with Gasteiger partial charge >= 0.3 is 0 Å². The molecule has 5 heteroatoms. The summed E-state index contributed by atoms with van der Waals surface area (Å²) in [5.41, 5.74) is 6.96. The molecule has 0 aliphatic carbocycles. The number of benzene rings is 1. The van der Waals surface area contributed by atoms with E-state index in [1.54, 1.807) is 29.2 Å². The maximum atomic E-state index is 12.3. The van der Waals surface area contributed by atoms with Crippen LogP contribution in [0.2, 0.25) is 0 Å². The van der Waals surface area contributed by atoms with Crippen molar-refractivity contribution in [3.8, 4) is 18.1 Å². The average Bonchev–Trinajstić information content (AvgIpc) is 2.50. The Balaban J connectivity index is 1.85. The lowest BCUT2D eigenvalue weighted by molar-refractivity contribution is -0.134. The summed E-state index contributed by atoms with van der Waals surface area (Å²) in [6.07, 6.45) is 5.76. The molecule has 1 aliphatic heterocycles. The number of aromatic hydroxyl groups is 1. The molecule has 1 aliphatic rings. The number of terminal acetylenes is 1. The molecule has 21 heavy (non-hydrogen) atoms. The van der Waals surface area contributed by atoms with Gasteiger partial charge in [0, 0.05) is 26.2 Å². The van der Waals surface area contributed by atoms with Crippen LogP contribution in [0, 0.1) is 12.3 Å². The maximum absolute atomic E-state index is 12.3. The number of rotatable bonds is 4. The van der Waals surface area contributed by atoms with E-state index in [0.29, 0.717) is 26.1 Å². The largest absolute Gasteiger partial charge is 0.508 e. The Hall–Kier alpha value is -2.03. The van der Waals surface area contributed by atoms with Crippen molar-refractivity contribution in [3.63, 3.8) is 0 Å². The number of carbonyl (C=O) groups is 1. The molecule has 1 fully saturated rings. The first-order chi connectivity index (χ1) is 10.1. The molecule has 1 atom stereocenters. The molecular formula is C16H21N3O2. The SMILES string of the molecule is C#CCN1CCN(C(=O)[C@@H](N)Cc2ccc(O)cc2)CC1. The number of hydrogen-bond acceptors (Lipinski definition) is 4. The molecule has 1 aromatic carbocycles. The number of phenolic OH excluding ortho intramolecular Hbond substituents is 1. The Morgan fingerprint density at radius 2 is 1.90 bits per heavy atom. The number of phenols is 1. The molecule has 2 rings (SSSR count). The Morgan fingerprint density at radius 3 is 2.48 bits per heavy atom. The van der Waals surface area contributed by atoms with Crippen molar-refractivity contribution in [2.24, 2.45) is 5.73 Å². The molecule has 5 nitrogen and oxygen atoms in total. The first-order valence-corrected chi connectivity index (χ1v) is 7.08. The van der Waals surface area contributed by atoms with Gasteiger partial charge in [-0.3, -0.25) is 9.69 Å². The van der Waals surface area contributed by atoms with Crippen molar-refractivity contribution in [2.45, 2.75) is 12.5 Å². The summed E-state index contributed by atoms with van der Waals surface area (Å²) in [6, 6.07) is 6.23. The fraction of sp³-hybridized carbons (Fsp3) is 0.438. The number of amides is 1. The normalized spacial score (nSPS) is 17.2. The van der Waals surface area contributed by atoms with Gasteiger partial charge in [-0.15, -0.1) is 6.42 Å². The van der Waals surface area contributed by atoms with E-state index in [1.165, 1.54) is 0 Å². The monoisotopic (exact) mass is 287 g/mol. The molecule has 0 radical (unpaired) electrons. The van der Waals surface area contributed by atoms with Crippen LogP contribution < -0.4 is 5.73 Å². The predicted octanol–water partition coefficient (Wildman–Crippen LogP) is 0.0394. The molecule has 0 unspecified atom stereocenters. The molecule has 0 spiro atoms. The second kappa shape index (κ2) is 7.11. The van der Waals surface area contributed by atoms with Gasteiger partial charge in [0.15, 0.2) is 0 Å². The summed E-state index contributed by atoms with van der Waals surface area (Å²) < 4.78 is 0. The number of piperazine rings is 1. The fourth-order valence-corrected chi connectivity index (χ4v) is 2.46. The molecule has 1 aromatic rings. The van der Waals surface area contributed by atoms with Gasteiger partial charge in [-0.25, -0.2) is 0 Å². The second-order valence-electron chi connectivity index (χ2n) is 5.28. The fourth-order valence-electron chi connectivity index (χ4n) is 2.46. The van der Waals surface area contributed by atoms with Crippen LogP contribution in [0.4, 0.5) is 0 Å². The zero-order valence-electron chi connectivity index (χ0n) is 12.0. The van der Waals surface area contributed by atoms with Gasteiger partial charge < -0.3 is 15.7 Å². The lowest BCUT2D eigenvalue weighted by Gasteiger charge is -2.35. The van der Waals surface area contributed by atoms with Crippen molar-refractivity contribution in [3.05, 3.63) is 29.8 Å². The molecular weight excluding hydrogens is 266 g/mol. The lowest BCUT2D eigenvalue weighted by Crippen LogP contribution is -2.53. The summed E-state index contributed by atoms with van der Waals surface area (Å²) in [4.78, 5) is 16.3. The quantitative estimate of drug-likeness (QED) is 0.767. The van der Waals surface area contributed by atoms with Crippen molar-refractivity contribution < 1.29 is 9.90 Å². The van der Waals surface area contributed by atoms with Crippen molar-refractivity contribution in [1.29, 1.82) is 0 Å². The minimum Gasteiger partial charge on any atom is -0.508 e. The third-order valence-electron chi connectivity index (χ3n) is 3.71. The summed E-state index contributed by atoms with van der Waals surface area (Å²) >= 11 is 0. The first-order valence-electron chi connectivity index (χ1n) is 7.08. The number of carbonyl (C=O) groups excluding carboxylic acids is 1. The van der Waals surface area contributed by atoms with Crippen LogP contribution in [-0.2, 0) is 11.2 Å². The minimum atomic E-state index is -0.547. The molecule has 1 heterocycles. The van der Waals surface area contributed by atoms with Crippen LogP contribution >= 0.6 is 0 Å². The molecule has 1 saturated heterocycles. The zero-order valence-corrected chi connectivity index (χ0v) is 12.0. The zero-order chi connectivity index (χ0) is 15.2. The van der Waals surface area contributed by atoms with E-state index < -0.39 is 6.04 Å². The highest BCUT2D eigenvalue weighted by atomic mass is 16.3. The molecule has 0 bridgehead atoms. The minimum absolute atomic E-state index is 0.0246. The number of nitrogens with two attached hydrogens (primary N) is 1. The molecule has 3 N–H and O–H groups in total. The van der Waals surface area contributed by atoms with Gasteiger partial charge in [-0.1, -0.05) is 18.1 Å². The first kappa shape index (κ1) is 15.4. The molecule has 0 aromatic heterocycles. The van der Waals surface area contributed by atoms with Crippen molar-refractivity contribution in [1.82, 2.24) is 9.80 Å². The van der Waals surface area contributed by atoms with E-state index >= 15 is 0 Å². The van der Waals surface area contributed by atoms with Crippen LogP contribution in [0.1, 0.15) is 5.56 Å². The van der Waals surface area contributed by atoms with Crippen molar-refractivity contribution >= 4 is 5.91 Å². The standard InChI is InChI=1S/C16H21N3O2/c1-2-7-18-8-10-19(11-9-18)16(21)15(17)12-13-3-5-14(20)6-4-13/h1,3-6,15,20H,7-12,17H2/t15-/m0/s1. The average molecular weight is 287 g/mol. The number of hydrogen-bond donors (Lipinski definition) is 2. The molecule has 1 amide bonds. The van der Waals surface area contributed by atoms with E-state index in [1.807, 2.05) is 0 Å². The van der Waals surface area contributed by atoms with Gasteiger partial charge in [0.2, 0.25) is 5.91 Å². The van der Waals surface area contributed by atoms with E-state index in [2.05, 4.69) is 10.8 Å². The Labute approximate surface area is 125 Å². The molecule has 0 saturated carbocycles. The van der Waals surface area contributed by atoms with Gasteiger partial charge in [-0.05, 0) is 24.1 Å². The van der Waals surface area contributed by atoms with Crippen LogP contribution in [0.5, 0.6) is 5.75 Å². The lowest BCUT2D eigenvalue weighted by atomic mass is 10.1. The summed E-state index contributed by atoms with van der Waals surface area (Å²) in [6.45, 7) is 3.55. The number of nitrogens with zero attached hydrogens (tertiary/aromatic N) is 2. The van der Waals surface area contributed by atoms with Crippen molar-refractivity contribution in [2.75, 3.05) is 32.7 Å². The van der Waals surface area contributed by atoms with Crippen LogP contribution in [0.15, 0.2) is 24.3 Å². The summed E-state index contributed by atoms with van der Waals surface area (Å²) in [5.74, 6) is 2.81. The van der Waals surface area contributed by atoms with E-state index in [9.17, 15) is 9.90 Å². The van der Waals surface area contributed by atoms with E-state index in [0.717, 1.165) is 18.7 Å². The topological polar surface area (TPSA) is 69.8 Å². The van der Waals surface area contributed by atoms with Crippen LogP contribution in [0.3, 0.4) is 0 Å². The smallest absolute Gasteiger partial charge is 0.239 e. The Kier molecular flexibility index (Phi) is 5.20. The highest BCUT2D eigenvalue weighted by molar-refractivity contribution is 5.82. The third-order valence-corrected chi connectivity index (χ3v) is 3.71. The summed E-state index contributed by atoms with van der Waals surface area (Å²) in [5, 5.41) is 9.25. The third kappa shape index (κ3) is 4.22. The van der Waals surface area contributed by atoms with Gasteiger partial charge in [0.1, 0.15) is 5.75 Å².